The van der Waals surface area contributed by atoms with E-state index >= 15 is 0 Å². The van der Waals surface area contributed by atoms with Crippen LogP contribution in [0.4, 0.5) is 4.39 Å². The van der Waals surface area contributed by atoms with Crippen molar-refractivity contribution >= 4 is 16.5 Å². The molecule has 0 radical (unpaired) electrons. The highest BCUT2D eigenvalue weighted by Crippen LogP contribution is 2.22. The average molecular weight is 297 g/mol. The maximum Gasteiger partial charge on any atom is 0.365 e. The second-order valence-electron chi connectivity index (χ2n) is 3.89. The van der Waals surface area contributed by atoms with Crippen LogP contribution >= 0.6 is 0 Å². The minimum Gasteiger partial charge on any atom is -0.477 e. The SMILES string of the molecule is CC.CCCCCCCCC(F)(N=S(=O)=O)C(=O)O. The summed E-state index contributed by atoms with van der Waals surface area (Å²) in [4.78, 5) is 10.6. The van der Waals surface area contributed by atoms with E-state index in [0.29, 0.717) is 12.8 Å². The molecule has 0 aliphatic heterocycles. The van der Waals surface area contributed by atoms with Crippen molar-refractivity contribution in [2.24, 2.45) is 4.36 Å². The van der Waals surface area contributed by atoms with Crippen LogP contribution in [0, 0.1) is 0 Å². The molecule has 0 aromatic rings. The van der Waals surface area contributed by atoms with Crippen molar-refractivity contribution in [3.05, 3.63) is 0 Å². The van der Waals surface area contributed by atoms with Crippen LogP contribution in [-0.2, 0) is 15.3 Å². The Morgan fingerprint density at radius 1 is 1.16 bits per heavy atom. The fourth-order valence-corrected chi connectivity index (χ4v) is 1.86. The van der Waals surface area contributed by atoms with E-state index in [2.05, 4.69) is 11.3 Å². The monoisotopic (exact) mass is 297 g/mol. The number of carbonyl (C=O) groups is 1. The second-order valence-corrected chi connectivity index (χ2v) is 4.51. The van der Waals surface area contributed by atoms with Gasteiger partial charge in [-0.1, -0.05) is 52.9 Å². The van der Waals surface area contributed by atoms with Gasteiger partial charge in [-0.2, -0.15) is 8.42 Å². The molecule has 0 rings (SSSR count). The Morgan fingerprint density at radius 2 is 1.63 bits per heavy atom. The number of rotatable bonds is 9. The van der Waals surface area contributed by atoms with Crippen molar-refractivity contribution in [1.82, 2.24) is 0 Å². The van der Waals surface area contributed by atoms with Gasteiger partial charge in [-0.25, -0.2) is 9.18 Å². The summed E-state index contributed by atoms with van der Waals surface area (Å²) in [5.41, 5.74) is 0. The summed E-state index contributed by atoms with van der Waals surface area (Å²) in [6.45, 7) is 6.07. The van der Waals surface area contributed by atoms with Crippen molar-refractivity contribution in [2.75, 3.05) is 0 Å². The lowest BCUT2D eigenvalue weighted by Gasteiger charge is -2.12. The molecule has 0 fully saturated rings. The minimum atomic E-state index is -3.05. The zero-order chi connectivity index (χ0) is 15.3. The summed E-state index contributed by atoms with van der Waals surface area (Å²) in [5, 5.41) is 8.58. The molecule has 0 saturated carbocycles. The van der Waals surface area contributed by atoms with Crippen LogP contribution in [0.15, 0.2) is 4.36 Å². The van der Waals surface area contributed by atoms with Gasteiger partial charge in [0.1, 0.15) is 0 Å². The Balaban J connectivity index is 0. The van der Waals surface area contributed by atoms with Gasteiger partial charge >= 0.3 is 22.3 Å². The van der Waals surface area contributed by atoms with Gasteiger partial charge in [0.2, 0.25) is 0 Å². The van der Waals surface area contributed by atoms with Crippen molar-refractivity contribution < 1.29 is 22.7 Å². The van der Waals surface area contributed by atoms with Gasteiger partial charge in [0, 0.05) is 6.42 Å². The van der Waals surface area contributed by atoms with Crippen LogP contribution < -0.4 is 0 Å². The molecule has 7 heteroatoms. The molecule has 1 unspecified atom stereocenters. The summed E-state index contributed by atoms with van der Waals surface area (Å²) in [6, 6.07) is 0. The van der Waals surface area contributed by atoms with Crippen molar-refractivity contribution in [3.8, 4) is 0 Å². The van der Waals surface area contributed by atoms with Gasteiger partial charge < -0.3 is 5.11 Å². The van der Waals surface area contributed by atoms with Gasteiger partial charge in [-0.3, -0.25) is 0 Å². The predicted octanol–water partition coefficient (Wildman–Crippen LogP) is 3.58. The minimum absolute atomic E-state index is 0.313. The first-order valence-electron chi connectivity index (χ1n) is 6.67. The summed E-state index contributed by atoms with van der Waals surface area (Å²) in [7, 11) is -3.05. The average Bonchev–Trinajstić information content (AvgIpc) is 2.35. The fourth-order valence-electron chi connectivity index (χ4n) is 1.45. The van der Waals surface area contributed by atoms with E-state index in [-0.39, 0.29) is 0 Å². The Labute approximate surface area is 115 Å². The molecule has 1 atom stereocenters. The highest BCUT2D eigenvalue weighted by atomic mass is 32.2. The van der Waals surface area contributed by atoms with E-state index < -0.39 is 28.7 Å². The molecule has 1 N–H and O–H groups in total. The van der Waals surface area contributed by atoms with Gasteiger partial charge in [0.25, 0.3) is 0 Å². The topological polar surface area (TPSA) is 83.8 Å². The Kier molecular flexibility index (Phi) is 12.9. The summed E-state index contributed by atoms with van der Waals surface area (Å²) in [5.74, 6) is -4.85. The number of halogens is 1. The summed E-state index contributed by atoms with van der Waals surface area (Å²) >= 11 is 0. The number of alkyl halides is 1. The molecule has 0 aromatic heterocycles. The van der Waals surface area contributed by atoms with Crippen molar-refractivity contribution in [1.29, 1.82) is 0 Å². The van der Waals surface area contributed by atoms with Crippen LogP contribution in [0.5, 0.6) is 0 Å². The lowest BCUT2D eigenvalue weighted by molar-refractivity contribution is -0.150. The largest absolute Gasteiger partial charge is 0.477 e. The van der Waals surface area contributed by atoms with Gasteiger partial charge in [-0.15, -0.1) is 4.36 Å². The zero-order valence-corrected chi connectivity index (χ0v) is 12.7. The van der Waals surface area contributed by atoms with E-state index in [1.807, 2.05) is 13.8 Å². The van der Waals surface area contributed by atoms with E-state index in [1.54, 1.807) is 0 Å². The van der Waals surface area contributed by atoms with Crippen molar-refractivity contribution in [3.63, 3.8) is 0 Å². The molecular formula is C12H24FNO4S. The number of carboxylic acids is 1. The molecular weight excluding hydrogens is 273 g/mol. The number of unbranched alkanes of at least 4 members (excludes halogenated alkanes) is 5. The predicted molar refractivity (Wildman–Crippen MR) is 72.2 cm³/mol. The van der Waals surface area contributed by atoms with Crippen LogP contribution in [0.3, 0.4) is 0 Å². The molecule has 0 amide bonds. The first-order valence-corrected chi connectivity index (χ1v) is 7.70. The Bertz CT molecular complexity index is 362. The van der Waals surface area contributed by atoms with Crippen LogP contribution in [0.1, 0.15) is 65.7 Å². The summed E-state index contributed by atoms with van der Waals surface area (Å²) < 4.78 is 36.6. The number of hydrogen-bond donors (Lipinski definition) is 1. The third kappa shape index (κ3) is 10.6. The molecule has 0 saturated heterocycles. The maximum atomic E-state index is 13.6. The van der Waals surface area contributed by atoms with Crippen LogP contribution in [-0.4, -0.2) is 25.3 Å². The number of carboxylic acid groups (broad SMARTS) is 1. The highest BCUT2D eigenvalue weighted by Gasteiger charge is 2.38. The van der Waals surface area contributed by atoms with Crippen molar-refractivity contribution in [2.45, 2.75) is 71.5 Å². The summed E-state index contributed by atoms with van der Waals surface area (Å²) in [6.07, 6.45) is 4.69. The van der Waals surface area contributed by atoms with Gasteiger partial charge in [-0.05, 0) is 6.42 Å². The highest BCUT2D eigenvalue weighted by molar-refractivity contribution is 7.61. The Morgan fingerprint density at radius 3 is 2.05 bits per heavy atom. The van der Waals surface area contributed by atoms with Gasteiger partial charge in [0.15, 0.2) is 0 Å². The fraction of sp³-hybridized carbons (Fsp3) is 0.917. The smallest absolute Gasteiger partial charge is 0.365 e. The van der Waals surface area contributed by atoms with E-state index in [4.69, 9.17) is 5.11 Å². The normalized spacial score (nSPS) is 12.8. The Hall–Kier alpha value is -0.980. The number of hydrogen-bond acceptors (Lipinski definition) is 4. The van der Waals surface area contributed by atoms with E-state index in [9.17, 15) is 17.6 Å². The van der Waals surface area contributed by atoms with Crippen LogP contribution in [0.2, 0.25) is 0 Å². The molecule has 114 valence electrons. The first kappa shape index (κ1) is 20.3. The molecule has 0 aromatic carbocycles. The maximum absolute atomic E-state index is 13.6. The zero-order valence-electron chi connectivity index (χ0n) is 11.9. The molecule has 0 aliphatic carbocycles. The molecule has 0 aliphatic rings. The van der Waals surface area contributed by atoms with Gasteiger partial charge in [0.05, 0.1) is 0 Å². The van der Waals surface area contributed by atoms with E-state index in [0.717, 1.165) is 25.7 Å². The number of aliphatic carboxylic acids is 1. The van der Waals surface area contributed by atoms with Crippen LogP contribution in [0.25, 0.3) is 0 Å². The molecule has 0 heterocycles. The van der Waals surface area contributed by atoms with E-state index in [1.165, 1.54) is 0 Å². The standard InChI is InChI=1S/C10H18FNO4S.C2H6/c1-2-3-4-5-6-7-8-10(11,9(13)14)12-17(15)16;1-2/h2-8H2,1H3,(H,13,14);1-2H3. The first-order chi connectivity index (χ1) is 8.92. The molecule has 5 nitrogen and oxygen atoms in total. The molecule has 19 heavy (non-hydrogen) atoms. The number of nitrogens with zero attached hydrogens (tertiary/aromatic N) is 1. The second kappa shape index (κ2) is 12.1. The lowest BCUT2D eigenvalue weighted by atomic mass is 10.0. The quantitative estimate of drug-likeness (QED) is 0.521. The molecule has 0 spiro atoms. The third-order valence-electron chi connectivity index (χ3n) is 2.41. The lowest BCUT2D eigenvalue weighted by Crippen LogP contribution is -2.31. The molecule has 0 bridgehead atoms. The third-order valence-corrected chi connectivity index (χ3v) is 2.85.